The van der Waals surface area contributed by atoms with Crippen LogP contribution in [0.1, 0.15) is 27.2 Å². The van der Waals surface area contributed by atoms with Crippen molar-refractivity contribution in [1.82, 2.24) is 0 Å². The summed E-state index contributed by atoms with van der Waals surface area (Å²) >= 11 is 0. The van der Waals surface area contributed by atoms with Crippen molar-refractivity contribution >= 4 is 46.9 Å². The van der Waals surface area contributed by atoms with E-state index in [1.807, 2.05) is 0 Å². The third-order valence-electron chi connectivity index (χ3n) is 3.01. The first-order chi connectivity index (χ1) is 11.8. The molecule has 0 aliphatic heterocycles. The Bertz CT molecular complexity index is 652. The average molecular weight is 400 g/mol. The van der Waals surface area contributed by atoms with Gasteiger partial charge >= 0.3 is 36.8 Å². The van der Waals surface area contributed by atoms with E-state index in [0.717, 1.165) is 0 Å². The summed E-state index contributed by atoms with van der Waals surface area (Å²) in [5.74, 6) is -2.91. The Morgan fingerprint density at radius 2 is 1.37 bits per heavy atom. The molecule has 0 aliphatic carbocycles. The van der Waals surface area contributed by atoms with Crippen LogP contribution in [0.25, 0.3) is 0 Å². The summed E-state index contributed by atoms with van der Waals surface area (Å²) in [5, 5.41) is 0. The standard InChI is InChI=1S/C16H24O9S.Li.H/c1-11(2)13(17)24-9-16(5,10-25-14(18)12(3)4)15(19)23-7-6-8-26(20,21)22;;/h1,3,6-10H2,2,4-5H3,(H,20,21,22);;. The van der Waals surface area contributed by atoms with Crippen LogP contribution >= 0.6 is 0 Å². The van der Waals surface area contributed by atoms with Crippen molar-refractivity contribution in [3.05, 3.63) is 24.3 Å². The van der Waals surface area contributed by atoms with Crippen LogP contribution in [-0.4, -0.2) is 75.3 Å². The zero-order valence-corrected chi connectivity index (χ0v) is 15.9. The molecule has 0 amide bonds. The number of hydrogen-bond donors (Lipinski definition) is 1. The van der Waals surface area contributed by atoms with Gasteiger partial charge in [-0.3, -0.25) is 9.35 Å². The maximum atomic E-state index is 12.3. The van der Waals surface area contributed by atoms with Crippen LogP contribution in [0, 0.1) is 5.41 Å². The monoisotopic (exact) mass is 400 g/mol. The molecule has 0 aromatic carbocycles. The number of carbonyl (C=O) groups is 3. The second-order valence-electron chi connectivity index (χ2n) is 6.05. The van der Waals surface area contributed by atoms with Crippen molar-refractivity contribution in [2.24, 2.45) is 5.41 Å². The summed E-state index contributed by atoms with van der Waals surface area (Å²) in [6.45, 7) is 9.85. The van der Waals surface area contributed by atoms with Crippen LogP contribution in [0.5, 0.6) is 0 Å². The van der Waals surface area contributed by atoms with E-state index in [2.05, 4.69) is 13.2 Å². The second-order valence-corrected chi connectivity index (χ2v) is 7.62. The van der Waals surface area contributed by atoms with Crippen LogP contribution in [0.4, 0.5) is 0 Å². The Labute approximate surface area is 171 Å². The Morgan fingerprint density at radius 3 is 1.70 bits per heavy atom. The zero-order chi connectivity index (χ0) is 20.5. The maximum absolute atomic E-state index is 12.3. The van der Waals surface area contributed by atoms with Crippen molar-refractivity contribution in [2.75, 3.05) is 25.6 Å². The van der Waals surface area contributed by atoms with Gasteiger partial charge in [-0.2, -0.15) is 8.42 Å². The van der Waals surface area contributed by atoms with E-state index in [1.54, 1.807) is 0 Å². The molecule has 0 atom stereocenters. The average Bonchev–Trinajstić information content (AvgIpc) is 2.52. The summed E-state index contributed by atoms with van der Waals surface area (Å²) in [6, 6.07) is 0. The number of ether oxygens (including phenoxy) is 3. The first-order valence-corrected chi connectivity index (χ1v) is 9.17. The molecule has 0 aliphatic rings. The molecule has 0 aromatic rings. The van der Waals surface area contributed by atoms with Crippen LogP contribution in [0.15, 0.2) is 24.3 Å². The van der Waals surface area contributed by atoms with Crippen LogP contribution in [0.3, 0.4) is 0 Å². The molecule has 0 heterocycles. The molecule has 0 saturated heterocycles. The van der Waals surface area contributed by atoms with E-state index in [1.165, 1.54) is 20.8 Å². The Morgan fingerprint density at radius 1 is 0.963 bits per heavy atom. The van der Waals surface area contributed by atoms with Gasteiger partial charge in [0.1, 0.15) is 18.6 Å². The van der Waals surface area contributed by atoms with Gasteiger partial charge in [0.15, 0.2) is 0 Å². The summed E-state index contributed by atoms with van der Waals surface area (Å²) in [5.41, 5.74) is -1.28. The van der Waals surface area contributed by atoms with Crippen molar-refractivity contribution in [3.63, 3.8) is 0 Å². The summed E-state index contributed by atoms with van der Waals surface area (Å²) < 4.78 is 44.8. The first kappa shape index (κ1) is 27.6. The van der Waals surface area contributed by atoms with Crippen molar-refractivity contribution in [3.8, 4) is 0 Å². The fourth-order valence-electron chi connectivity index (χ4n) is 1.44. The fourth-order valence-corrected chi connectivity index (χ4v) is 1.92. The zero-order valence-electron chi connectivity index (χ0n) is 15.1. The molecular formula is C16H25LiO9S. The molecule has 0 rings (SSSR count). The van der Waals surface area contributed by atoms with Gasteiger partial charge < -0.3 is 14.2 Å². The molecule has 0 aromatic heterocycles. The van der Waals surface area contributed by atoms with E-state index < -0.39 is 52.4 Å². The first-order valence-electron chi connectivity index (χ1n) is 7.56. The molecule has 0 spiro atoms. The molecule has 27 heavy (non-hydrogen) atoms. The molecule has 9 nitrogen and oxygen atoms in total. The Balaban J connectivity index is 0. The van der Waals surface area contributed by atoms with Gasteiger partial charge in [0.25, 0.3) is 10.1 Å². The van der Waals surface area contributed by atoms with Gasteiger partial charge in [-0.1, -0.05) is 13.2 Å². The molecule has 0 unspecified atom stereocenters. The van der Waals surface area contributed by atoms with Gasteiger partial charge in [0.2, 0.25) is 0 Å². The number of esters is 3. The molecular weight excluding hydrogens is 375 g/mol. The molecule has 0 radical (unpaired) electrons. The quantitative estimate of drug-likeness (QED) is 0.131. The van der Waals surface area contributed by atoms with Crippen molar-refractivity contribution in [2.45, 2.75) is 27.2 Å². The SMILES string of the molecule is C=C(C)C(=O)OCC(C)(COC(=O)C(=C)C)C(=O)OCCCS(=O)(=O)O.[LiH]. The van der Waals surface area contributed by atoms with Gasteiger partial charge in [-0.05, 0) is 27.2 Å². The summed E-state index contributed by atoms with van der Waals surface area (Å²) in [4.78, 5) is 35.4. The number of rotatable bonds is 11. The molecule has 1 N–H and O–H groups in total. The van der Waals surface area contributed by atoms with Gasteiger partial charge in [0.05, 0.1) is 12.4 Å². The summed E-state index contributed by atoms with van der Waals surface area (Å²) in [7, 11) is -4.17. The van der Waals surface area contributed by atoms with E-state index in [0.29, 0.717) is 0 Å². The minimum atomic E-state index is -4.17. The predicted molar refractivity (Wildman–Crippen MR) is 98.8 cm³/mol. The molecule has 0 saturated carbocycles. The van der Waals surface area contributed by atoms with E-state index >= 15 is 0 Å². The van der Waals surface area contributed by atoms with Crippen LogP contribution in [0.2, 0.25) is 0 Å². The Hall–Kier alpha value is -1.60. The van der Waals surface area contributed by atoms with Crippen LogP contribution < -0.4 is 0 Å². The number of hydrogen-bond acceptors (Lipinski definition) is 8. The van der Waals surface area contributed by atoms with Crippen LogP contribution in [-0.2, 0) is 38.7 Å². The van der Waals surface area contributed by atoms with E-state index in [9.17, 15) is 22.8 Å². The minimum absolute atomic E-state index is 0. The second kappa shape index (κ2) is 12.0. The molecule has 150 valence electrons. The van der Waals surface area contributed by atoms with Crippen molar-refractivity contribution in [1.29, 1.82) is 0 Å². The normalized spacial score (nSPS) is 11.0. The molecule has 0 bridgehead atoms. The topological polar surface area (TPSA) is 133 Å². The summed E-state index contributed by atoms with van der Waals surface area (Å²) in [6.07, 6.45) is -0.127. The molecule has 11 heteroatoms. The fraction of sp³-hybridized carbons (Fsp3) is 0.562. The van der Waals surface area contributed by atoms with Gasteiger partial charge in [-0.15, -0.1) is 0 Å². The third-order valence-corrected chi connectivity index (χ3v) is 3.82. The predicted octanol–water partition coefficient (Wildman–Crippen LogP) is 0.404. The third kappa shape index (κ3) is 11.7. The van der Waals surface area contributed by atoms with E-state index in [4.69, 9.17) is 18.8 Å². The van der Waals surface area contributed by atoms with Gasteiger partial charge in [0, 0.05) is 11.1 Å². The number of carbonyl (C=O) groups excluding carboxylic acids is 3. The molecule has 0 fully saturated rings. The van der Waals surface area contributed by atoms with E-state index in [-0.39, 0.29) is 43.0 Å². The van der Waals surface area contributed by atoms with Gasteiger partial charge in [-0.25, -0.2) is 9.59 Å². The van der Waals surface area contributed by atoms with Crippen molar-refractivity contribution < 1.29 is 41.6 Å². The Kier molecular flexibility index (Phi) is 12.2.